The lowest BCUT2D eigenvalue weighted by Gasteiger charge is -2.27. The van der Waals surface area contributed by atoms with Crippen LogP contribution in [0.4, 0.5) is 11.4 Å². The molecule has 1 amide bonds. The van der Waals surface area contributed by atoms with Gasteiger partial charge >= 0.3 is 0 Å². The summed E-state index contributed by atoms with van der Waals surface area (Å²) >= 11 is 0. The van der Waals surface area contributed by atoms with Crippen molar-refractivity contribution in [2.24, 2.45) is 5.73 Å². The molecule has 1 fully saturated rings. The summed E-state index contributed by atoms with van der Waals surface area (Å²) in [6.45, 7) is 9.41. The number of benzene rings is 2. The number of amides is 1. The van der Waals surface area contributed by atoms with Crippen LogP contribution in [-0.4, -0.2) is 33.8 Å². The maximum atomic E-state index is 12.3. The van der Waals surface area contributed by atoms with Crippen LogP contribution >= 0.6 is 0 Å². The molecule has 38 heavy (non-hydrogen) atoms. The van der Waals surface area contributed by atoms with Crippen molar-refractivity contribution in [2.75, 3.05) is 18.1 Å². The molecule has 7 nitrogen and oxygen atoms in total. The first kappa shape index (κ1) is 25.4. The molecule has 1 aliphatic rings. The van der Waals surface area contributed by atoms with Gasteiger partial charge in [0.25, 0.3) is 5.91 Å². The first-order valence-corrected chi connectivity index (χ1v) is 13.0. The van der Waals surface area contributed by atoms with E-state index in [2.05, 4.69) is 41.6 Å². The maximum absolute atomic E-state index is 12.3. The molecular weight excluding hydrogens is 474 g/mol. The van der Waals surface area contributed by atoms with E-state index in [9.17, 15) is 4.79 Å². The summed E-state index contributed by atoms with van der Waals surface area (Å²) in [5.41, 5.74) is 12.7. The second-order valence-corrected chi connectivity index (χ2v) is 9.87. The Hall–Kier alpha value is -4.23. The maximum Gasteiger partial charge on any atom is 0.250 e. The standard InChI is InChI=1S/C31H33N5O2/c1-21(2)20-35(28-9-5-4-8-26(28)31(32)37)24-12-13-25-27(14-11-23-18-22(3)15-16-33-23)34-36(29(25)19-24)30-10-6-7-17-38-30/h4-5,8-9,11-16,18-19,30H,1,6-7,10,17,20H2,2-3H3,(H2,32,37)/b14-11+. The highest BCUT2D eigenvalue weighted by Crippen LogP contribution is 2.35. The number of nitrogens with zero attached hydrogens (tertiary/aromatic N) is 4. The molecule has 2 aromatic heterocycles. The van der Waals surface area contributed by atoms with Crippen LogP contribution in [0.25, 0.3) is 23.1 Å². The van der Waals surface area contributed by atoms with Crippen LogP contribution in [0.5, 0.6) is 0 Å². The van der Waals surface area contributed by atoms with E-state index in [-0.39, 0.29) is 6.23 Å². The zero-order chi connectivity index (χ0) is 26.6. The smallest absolute Gasteiger partial charge is 0.250 e. The first-order valence-electron chi connectivity index (χ1n) is 13.0. The molecular formula is C31H33N5O2. The number of carbonyl (C=O) groups excluding carboxylic acids is 1. The number of fused-ring (bicyclic) bond motifs is 1. The molecule has 1 aliphatic heterocycles. The number of anilines is 2. The molecule has 2 aromatic carbocycles. The highest BCUT2D eigenvalue weighted by molar-refractivity contribution is 6.00. The number of aromatic nitrogens is 3. The summed E-state index contributed by atoms with van der Waals surface area (Å²) in [6, 6.07) is 17.7. The zero-order valence-electron chi connectivity index (χ0n) is 21.9. The average Bonchev–Trinajstić information content (AvgIpc) is 3.29. The molecule has 2 N–H and O–H groups in total. The van der Waals surface area contributed by atoms with Gasteiger partial charge in [-0.2, -0.15) is 5.10 Å². The summed E-state index contributed by atoms with van der Waals surface area (Å²) in [7, 11) is 0. The van der Waals surface area contributed by atoms with Gasteiger partial charge in [0.15, 0.2) is 6.23 Å². The Balaban J connectivity index is 1.63. The van der Waals surface area contributed by atoms with E-state index in [4.69, 9.17) is 15.6 Å². The van der Waals surface area contributed by atoms with E-state index in [1.54, 1.807) is 6.07 Å². The Labute approximate surface area is 223 Å². The number of hydrogen-bond donors (Lipinski definition) is 1. The van der Waals surface area contributed by atoms with Crippen LogP contribution < -0.4 is 10.6 Å². The minimum absolute atomic E-state index is 0.131. The van der Waals surface area contributed by atoms with E-state index in [0.29, 0.717) is 12.1 Å². The Kier molecular flexibility index (Phi) is 7.38. The lowest BCUT2D eigenvalue weighted by atomic mass is 10.1. The molecule has 1 atom stereocenters. The number of carbonyl (C=O) groups is 1. The van der Waals surface area contributed by atoms with Crippen LogP contribution in [0.15, 0.2) is 72.9 Å². The highest BCUT2D eigenvalue weighted by atomic mass is 16.5. The molecule has 0 radical (unpaired) electrons. The summed E-state index contributed by atoms with van der Waals surface area (Å²) in [5.74, 6) is -0.466. The quantitative estimate of drug-likeness (QED) is 0.278. The summed E-state index contributed by atoms with van der Waals surface area (Å²) in [5, 5.41) is 6.02. The Morgan fingerprint density at radius 2 is 2.03 bits per heavy atom. The Bertz CT molecular complexity index is 1510. The lowest BCUT2D eigenvalue weighted by Crippen LogP contribution is -2.23. The largest absolute Gasteiger partial charge is 0.366 e. The number of aryl methyl sites for hydroxylation is 1. The molecule has 5 rings (SSSR count). The molecule has 7 heteroatoms. The minimum Gasteiger partial charge on any atom is -0.366 e. The number of primary amides is 1. The highest BCUT2D eigenvalue weighted by Gasteiger charge is 2.23. The van der Waals surface area contributed by atoms with Gasteiger partial charge in [-0.1, -0.05) is 24.3 Å². The van der Waals surface area contributed by atoms with Gasteiger partial charge in [-0.15, -0.1) is 0 Å². The summed E-state index contributed by atoms with van der Waals surface area (Å²) in [4.78, 5) is 18.8. The molecule has 0 saturated carbocycles. The zero-order valence-corrected chi connectivity index (χ0v) is 21.9. The van der Waals surface area contributed by atoms with Crippen molar-refractivity contribution in [3.05, 3.63) is 95.5 Å². The molecule has 3 heterocycles. The topological polar surface area (TPSA) is 86.3 Å². The van der Waals surface area contributed by atoms with Crippen molar-refractivity contribution in [3.63, 3.8) is 0 Å². The summed E-state index contributed by atoms with van der Waals surface area (Å²) in [6.07, 6.45) is 8.74. The van der Waals surface area contributed by atoms with Crippen molar-refractivity contribution in [2.45, 2.75) is 39.3 Å². The molecule has 194 valence electrons. The fourth-order valence-corrected chi connectivity index (χ4v) is 4.89. The molecule has 0 bridgehead atoms. The van der Waals surface area contributed by atoms with E-state index in [1.165, 1.54) is 0 Å². The average molecular weight is 508 g/mol. The Morgan fingerprint density at radius 1 is 1.18 bits per heavy atom. The van der Waals surface area contributed by atoms with Crippen LogP contribution in [-0.2, 0) is 4.74 Å². The number of nitrogens with two attached hydrogens (primary N) is 1. The molecule has 1 unspecified atom stereocenters. The third-order valence-electron chi connectivity index (χ3n) is 6.70. The van der Waals surface area contributed by atoms with E-state index >= 15 is 0 Å². The fourth-order valence-electron chi connectivity index (χ4n) is 4.89. The fraction of sp³-hybridized carbons (Fsp3) is 0.258. The van der Waals surface area contributed by atoms with Crippen molar-refractivity contribution < 1.29 is 9.53 Å². The summed E-state index contributed by atoms with van der Waals surface area (Å²) < 4.78 is 8.14. The number of pyridine rings is 1. The SMILES string of the molecule is C=C(C)CN(c1ccc2c(/C=C/c3cc(C)ccn3)nn(C3CCCCO3)c2c1)c1ccccc1C(N)=O. The predicted octanol–water partition coefficient (Wildman–Crippen LogP) is 6.42. The van der Waals surface area contributed by atoms with Gasteiger partial charge in [-0.3, -0.25) is 9.78 Å². The van der Waals surface area contributed by atoms with E-state index in [1.807, 2.05) is 60.3 Å². The Morgan fingerprint density at radius 3 is 2.76 bits per heavy atom. The molecule has 0 aliphatic carbocycles. The van der Waals surface area contributed by atoms with E-state index in [0.717, 1.165) is 70.7 Å². The molecule has 4 aromatic rings. The third-order valence-corrected chi connectivity index (χ3v) is 6.70. The predicted molar refractivity (Wildman–Crippen MR) is 153 cm³/mol. The van der Waals surface area contributed by atoms with Gasteiger partial charge < -0.3 is 15.4 Å². The first-order chi connectivity index (χ1) is 18.4. The van der Waals surface area contributed by atoms with Crippen LogP contribution in [0, 0.1) is 6.92 Å². The van der Waals surface area contributed by atoms with Crippen LogP contribution in [0.2, 0.25) is 0 Å². The van der Waals surface area contributed by atoms with Gasteiger partial charge in [-0.25, -0.2) is 4.68 Å². The van der Waals surface area contributed by atoms with Crippen LogP contribution in [0.1, 0.15) is 59.7 Å². The van der Waals surface area contributed by atoms with Gasteiger partial charge in [0.2, 0.25) is 0 Å². The van der Waals surface area contributed by atoms with Gasteiger partial charge in [-0.05, 0) is 93.3 Å². The van der Waals surface area contributed by atoms with Gasteiger partial charge in [0.05, 0.1) is 28.2 Å². The number of para-hydroxylation sites is 1. The van der Waals surface area contributed by atoms with Crippen molar-refractivity contribution >= 4 is 40.3 Å². The van der Waals surface area contributed by atoms with Gasteiger partial charge in [0.1, 0.15) is 0 Å². The van der Waals surface area contributed by atoms with Crippen molar-refractivity contribution in [3.8, 4) is 0 Å². The minimum atomic E-state index is -0.466. The van der Waals surface area contributed by atoms with Crippen LogP contribution in [0.3, 0.4) is 0 Å². The van der Waals surface area contributed by atoms with E-state index < -0.39 is 5.91 Å². The molecule has 0 spiro atoms. The van der Waals surface area contributed by atoms with Crippen molar-refractivity contribution in [1.82, 2.24) is 14.8 Å². The normalized spacial score (nSPS) is 15.7. The van der Waals surface area contributed by atoms with Crippen molar-refractivity contribution in [1.29, 1.82) is 0 Å². The third kappa shape index (κ3) is 5.38. The molecule has 1 saturated heterocycles. The second kappa shape index (κ2) is 11.0. The monoisotopic (exact) mass is 507 g/mol. The number of ether oxygens (including phenoxy) is 1. The number of hydrogen-bond acceptors (Lipinski definition) is 5. The lowest BCUT2D eigenvalue weighted by molar-refractivity contribution is -0.0367. The number of rotatable bonds is 8. The van der Waals surface area contributed by atoms with Gasteiger partial charge in [0, 0.05) is 30.4 Å². The second-order valence-electron chi connectivity index (χ2n) is 9.87.